The molecule has 4 nitrogen and oxygen atoms in total. The van der Waals surface area contributed by atoms with Crippen LogP contribution >= 0.6 is 0 Å². The summed E-state index contributed by atoms with van der Waals surface area (Å²) >= 11 is 0. The van der Waals surface area contributed by atoms with E-state index in [2.05, 4.69) is 15.0 Å². The number of fused-ring (bicyclic) bond motifs is 1. The SMILES string of the molecule is COc1cnc2c(-c3ccncc3)c[nH]c2c1. The minimum absolute atomic E-state index is 0.751. The average molecular weight is 225 g/mol. The Bertz CT molecular complexity index is 646. The quantitative estimate of drug-likeness (QED) is 0.729. The second kappa shape index (κ2) is 3.90. The van der Waals surface area contributed by atoms with Gasteiger partial charge in [0.25, 0.3) is 0 Å². The molecule has 0 radical (unpaired) electrons. The normalized spacial score (nSPS) is 10.6. The van der Waals surface area contributed by atoms with E-state index in [1.54, 1.807) is 25.7 Å². The van der Waals surface area contributed by atoms with Crippen LogP contribution in [0.25, 0.3) is 22.2 Å². The molecule has 3 rings (SSSR count). The zero-order valence-corrected chi connectivity index (χ0v) is 9.34. The van der Waals surface area contributed by atoms with Crippen molar-refractivity contribution < 1.29 is 4.74 Å². The molecule has 0 aromatic carbocycles. The lowest BCUT2D eigenvalue weighted by Crippen LogP contribution is -1.85. The van der Waals surface area contributed by atoms with Gasteiger partial charge in [-0.2, -0.15) is 0 Å². The third-order valence-corrected chi connectivity index (χ3v) is 2.72. The third kappa shape index (κ3) is 1.63. The minimum Gasteiger partial charge on any atom is -0.495 e. The van der Waals surface area contributed by atoms with Crippen LogP contribution in [0.5, 0.6) is 5.75 Å². The van der Waals surface area contributed by atoms with Gasteiger partial charge in [-0.25, -0.2) is 0 Å². The van der Waals surface area contributed by atoms with Gasteiger partial charge in [0.15, 0.2) is 0 Å². The molecule has 0 atom stereocenters. The fourth-order valence-corrected chi connectivity index (χ4v) is 1.85. The summed E-state index contributed by atoms with van der Waals surface area (Å²) in [6.45, 7) is 0. The van der Waals surface area contributed by atoms with E-state index in [4.69, 9.17) is 4.74 Å². The monoisotopic (exact) mass is 225 g/mol. The fourth-order valence-electron chi connectivity index (χ4n) is 1.85. The summed E-state index contributed by atoms with van der Waals surface area (Å²) in [6.07, 6.45) is 7.22. The van der Waals surface area contributed by atoms with Crippen molar-refractivity contribution in [3.05, 3.63) is 43.0 Å². The molecular formula is C13H11N3O. The second-order valence-corrected chi connectivity index (χ2v) is 3.71. The first-order valence-corrected chi connectivity index (χ1v) is 5.30. The van der Waals surface area contributed by atoms with Crippen molar-refractivity contribution >= 4 is 11.0 Å². The molecule has 0 unspecified atom stereocenters. The summed E-state index contributed by atoms with van der Waals surface area (Å²) in [6, 6.07) is 5.87. The maximum absolute atomic E-state index is 5.14. The molecule has 1 N–H and O–H groups in total. The van der Waals surface area contributed by atoms with Gasteiger partial charge in [-0.15, -0.1) is 0 Å². The zero-order valence-electron chi connectivity index (χ0n) is 9.34. The van der Waals surface area contributed by atoms with Gasteiger partial charge in [0.2, 0.25) is 0 Å². The molecule has 84 valence electrons. The highest BCUT2D eigenvalue weighted by Crippen LogP contribution is 2.28. The lowest BCUT2D eigenvalue weighted by molar-refractivity contribution is 0.413. The van der Waals surface area contributed by atoms with Gasteiger partial charge in [0.1, 0.15) is 5.75 Å². The zero-order chi connectivity index (χ0) is 11.7. The molecule has 0 bridgehead atoms. The Morgan fingerprint density at radius 3 is 2.82 bits per heavy atom. The van der Waals surface area contributed by atoms with E-state index in [9.17, 15) is 0 Å². The summed E-state index contributed by atoms with van der Waals surface area (Å²) in [5.74, 6) is 0.751. The van der Waals surface area contributed by atoms with Crippen molar-refractivity contribution in [3.63, 3.8) is 0 Å². The molecule has 0 aliphatic carbocycles. The van der Waals surface area contributed by atoms with Gasteiger partial charge in [0, 0.05) is 30.2 Å². The Hall–Kier alpha value is -2.36. The number of nitrogens with zero attached hydrogens (tertiary/aromatic N) is 2. The lowest BCUT2D eigenvalue weighted by Gasteiger charge is -2.00. The number of H-pyrrole nitrogens is 1. The van der Waals surface area contributed by atoms with Crippen molar-refractivity contribution in [1.82, 2.24) is 15.0 Å². The number of methoxy groups -OCH3 is 1. The third-order valence-electron chi connectivity index (χ3n) is 2.72. The van der Waals surface area contributed by atoms with Crippen LogP contribution in [0, 0.1) is 0 Å². The van der Waals surface area contributed by atoms with Gasteiger partial charge in [-0.3, -0.25) is 9.97 Å². The number of hydrogen-bond donors (Lipinski definition) is 1. The van der Waals surface area contributed by atoms with Crippen LogP contribution in [0.15, 0.2) is 43.0 Å². The molecule has 0 saturated heterocycles. The number of ether oxygens (including phenoxy) is 1. The van der Waals surface area contributed by atoms with Crippen LogP contribution in [0.2, 0.25) is 0 Å². The van der Waals surface area contributed by atoms with Crippen molar-refractivity contribution in [3.8, 4) is 16.9 Å². The van der Waals surface area contributed by atoms with Crippen LogP contribution < -0.4 is 4.74 Å². The Kier molecular flexibility index (Phi) is 2.26. The topological polar surface area (TPSA) is 50.8 Å². The number of pyridine rings is 2. The predicted octanol–water partition coefficient (Wildman–Crippen LogP) is 2.63. The molecule has 3 aromatic heterocycles. The molecule has 0 aliphatic rings. The molecule has 3 heterocycles. The van der Waals surface area contributed by atoms with Crippen LogP contribution in [-0.2, 0) is 0 Å². The Labute approximate surface area is 98.3 Å². The standard InChI is InChI=1S/C13H11N3O/c1-17-10-6-12-13(16-7-10)11(8-15-12)9-2-4-14-5-3-9/h2-8,15H,1H3. The molecule has 0 aliphatic heterocycles. The average Bonchev–Trinajstić information content (AvgIpc) is 2.82. The number of nitrogens with one attached hydrogen (secondary N) is 1. The molecule has 3 aromatic rings. The number of rotatable bonds is 2. The summed E-state index contributed by atoms with van der Waals surface area (Å²) in [5, 5.41) is 0. The smallest absolute Gasteiger partial charge is 0.139 e. The van der Waals surface area contributed by atoms with Gasteiger partial charge in [0.05, 0.1) is 24.3 Å². The van der Waals surface area contributed by atoms with Crippen molar-refractivity contribution in [1.29, 1.82) is 0 Å². The van der Waals surface area contributed by atoms with Crippen molar-refractivity contribution in [2.45, 2.75) is 0 Å². The number of aromatic nitrogens is 3. The molecular weight excluding hydrogens is 214 g/mol. The van der Waals surface area contributed by atoms with Crippen molar-refractivity contribution in [2.75, 3.05) is 7.11 Å². The number of aromatic amines is 1. The molecule has 4 heteroatoms. The highest BCUT2D eigenvalue weighted by molar-refractivity contribution is 5.92. The highest BCUT2D eigenvalue weighted by atomic mass is 16.5. The Morgan fingerprint density at radius 2 is 2.06 bits per heavy atom. The van der Waals surface area contributed by atoms with E-state index in [-0.39, 0.29) is 0 Å². The molecule has 0 amide bonds. The molecule has 0 fully saturated rings. The summed E-state index contributed by atoms with van der Waals surface area (Å²) < 4.78 is 5.14. The summed E-state index contributed by atoms with van der Waals surface area (Å²) in [4.78, 5) is 11.6. The van der Waals surface area contributed by atoms with Gasteiger partial charge < -0.3 is 9.72 Å². The first-order valence-electron chi connectivity index (χ1n) is 5.30. The lowest BCUT2D eigenvalue weighted by atomic mass is 10.1. The predicted molar refractivity (Wildman–Crippen MR) is 65.9 cm³/mol. The van der Waals surface area contributed by atoms with E-state index < -0.39 is 0 Å². The Balaban J connectivity index is 2.19. The van der Waals surface area contributed by atoms with Crippen LogP contribution in [-0.4, -0.2) is 22.1 Å². The van der Waals surface area contributed by atoms with E-state index >= 15 is 0 Å². The van der Waals surface area contributed by atoms with Gasteiger partial charge >= 0.3 is 0 Å². The van der Waals surface area contributed by atoms with Crippen LogP contribution in [0.1, 0.15) is 0 Å². The molecule has 0 saturated carbocycles. The molecule has 0 spiro atoms. The first-order chi connectivity index (χ1) is 8.38. The highest BCUT2D eigenvalue weighted by Gasteiger charge is 2.07. The first kappa shape index (κ1) is 9.84. The van der Waals surface area contributed by atoms with E-state index in [0.29, 0.717) is 0 Å². The molecule has 17 heavy (non-hydrogen) atoms. The fraction of sp³-hybridized carbons (Fsp3) is 0.0769. The van der Waals surface area contributed by atoms with Crippen molar-refractivity contribution in [2.24, 2.45) is 0 Å². The maximum atomic E-state index is 5.14. The van der Waals surface area contributed by atoms with E-state index in [0.717, 1.165) is 27.9 Å². The second-order valence-electron chi connectivity index (χ2n) is 3.71. The van der Waals surface area contributed by atoms with E-state index in [1.807, 2.05) is 24.4 Å². The summed E-state index contributed by atoms with van der Waals surface area (Å²) in [7, 11) is 1.63. The minimum atomic E-state index is 0.751. The van der Waals surface area contributed by atoms with E-state index in [1.165, 1.54) is 0 Å². The summed E-state index contributed by atoms with van der Waals surface area (Å²) in [5.41, 5.74) is 4.09. The maximum Gasteiger partial charge on any atom is 0.139 e. The van der Waals surface area contributed by atoms with Crippen LogP contribution in [0.3, 0.4) is 0 Å². The number of hydrogen-bond acceptors (Lipinski definition) is 3. The van der Waals surface area contributed by atoms with Gasteiger partial charge in [-0.1, -0.05) is 0 Å². The Morgan fingerprint density at radius 1 is 1.24 bits per heavy atom. The largest absolute Gasteiger partial charge is 0.495 e. The van der Waals surface area contributed by atoms with Crippen LogP contribution in [0.4, 0.5) is 0 Å². The van der Waals surface area contributed by atoms with Gasteiger partial charge in [-0.05, 0) is 17.7 Å².